The third-order valence-corrected chi connectivity index (χ3v) is 2.81. The first-order valence-corrected chi connectivity index (χ1v) is 6.30. The summed E-state index contributed by atoms with van der Waals surface area (Å²) in [6, 6.07) is 1.70. The molecule has 0 amide bonds. The standard InChI is InChI=1S/C13H17N5O2/c1-4-10-9(8-18(2)17-10)7-15-11-5-6-14-12(16-11)13(19)20-3/h5-6,8H,4,7H2,1-3H3,(H,14,15,16). The number of carbonyl (C=O) groups excluding carboxylic acids is 1. The van der Waals surface area contributed by atoms with Crippen LogP contribution < -0.4 is 5.32 Å². The molecule has 0 aliphatic carbocycles. The number of methoxy groups -OCH3 is 1. The zero-order valence-corrected chi connectivity index (χ0v) is 11.8. The van der Waals surface area contributed by atoms with Crippen molar-refractivity contribution in [3.8, 4) is 0 Å². The predicted molar refractivity (Wildman–Crippen MR) is 73.3 cm³/mol. The molecule has 7 nitrogen and oxygen atoms in total. The van der Waals surface area contributed by atoms with Gasteiger partial charge in [-0.05, 0) is 12.5 Å². The van der Waals surface area contributed by atoms with E-state index in [1.54, 1.807) is 10.7 Å². The Balaban J connectivity index is 2.09. The van der Waals surface area contributed by atoms with Crippen molar-refractivity contribution < 1.29 is 9.53 Å². The summed E-state index contributed by atoms with van der Waals surface area (Å²) < 4.78 is 6.38. The SMILES string of the molecule is CCc1nn(C)cc1CNc1ccnc(C(=O)OC)n1. The van der Waals surface area contributed by atoms with Crippen LogP contribution in [0.2, 0.25) is 0 Å². The highest BCUT2D eigenvalue weighted by Gasteiger charge is 2.10. The number of nitrogens with one attached hydrogen (secondary N) is 1. The Morgan fingerprint density at radius 3 is 3.00 bits per heavy atom. The Morgan fingerprint density at radius 2 is 2.30 bits per heavy atom. The molecule has 106 valence electrons. The molecule has 0 aliphatic heterocycles. The monoisotopic (exact) mass is 275 g/mol. The van der Waals surface area contributed by atoms with Crippen LogP contribution >= 0.6 is 0 Å². The van der Waals surface area contributed by atoms with Crippen molar-refractivity contribution in [2.45, 2.75) is 19.9 Å². The molecular formula is C13H17N5O2. The van der Waals surface area contributed by atoms with E-state index in [2.05, 4.69) is 32.0 Å². The van der Waals surface area contributed by atoms with Crippen molar-refractivity contribution in [2.75, 3.05) is 12.4 Å². The number of aromatic nitrogens is 4. The van der Waals surface area contributed by atoms with Gasteiger partial charge in [-0.25, -0.2) is 14.8 Å². The summed E-state index contributed by atoms with van der Waals surface area (Å²) in [5.74, 6) is 0.0648. The number of nitrogens with zero attached hydrogens (tertiary/aromatic N) is 4. The van der Waals surface area contributed by atoms with Gasteiger partial charge in [0.1, 0.15) is 5.82 Å². The van der Waals surface area contributed by atoms with Crippen molar-refractivity contribution >= 4 is 11.8 Å². The van der Waals surface area contributed by atoms with E-state index in [-0.39, 0.29) is 5.82 Å². The molecule has 7 heteroatoms. The van der Waals surface area contributed by atoms with Gasteiger partial charge in [-0.1, -0.05) is 6.92 Å². The maximum absolute atomic E-state index is 11.4. The number of hydrogen-bond acceptors (Lipinski definition) is 6. The van der Waals surface area contributed by atoms with Crippen LogP contribution in [0.5, 0.6) is 0 Å². The molecule has 20 heavy (non-hydrogen) atoms. The van der Waals surface area contributed by atoms with Crippen LogP contribution in [0.15, 0.2) is 18.5 Å². The minimum absolute atomic E-state index is 0.0411. The van der Waals surface area contributed by atoms with Gasteiger partial charge in [0.05, 0.1) is 12.8 Å². The van der Waals surface area contributed by atoms with E-state index in [4.69, 9.17) is 0 Å². The Morgan fingerprint density at radius 1 is 1.50 bits per heavy atom. The maximum atomic E-state index is 11.4. The summed E-state index contributed by atoms with van der Waals surface area (Å²) >= 11 is 0. The Bertz CT molecular complexity index is 609. The fourth-order valence-corrected chi connectivity index (χ4v) is 1.86. The van der Waals surface area contributed by atoms with Gasteiger partial charge >= 0.3 is 5.97 Å². The van der Waals surface area contributed by atoms with Gasteiger partial charge < -0.3 is 10.1 Å². The zero-order valence-electron chi connectivity index (χ0n) is 11.8. The first-order valence-electron chi connectivity index (χ1n) is 6.30. The second-order valence-corrected chi connectivity index (χ2v) is 4.24. The lowest BCUT2D eigenvalue weighted by Crippen LogP contribution is -2.10. The first kappa shape index (κ1) is 14.0. The minimum atomic E-state index is -0.552. The van der Waals surface area contributed by atoms with Crippen molar-refractivity contribution in [1.29, 1.82) is 0 Å². The number of anilines is 1. The van der Waals surface area contributed by atoms with E-state index >= 15 is 0 Å². The largest absolute Gasteiger partial charge is 0.463 e. The fourth-order valence-electron chi connectivity index (χ4n) is 1.86. The lowest BCUT2D eigenvalue weighted by atomic mass is 10.2. The van der Waals surface area contributed by atoms with Crippen LogP contribution in [0.3, 0.4) is 0 Å². The highest BCUT2D eigenvalue weighted by molar-refractivity contribution is 5.85. The van der Waals surface area contributed by atoms with E-state index in [1.165, 1.54) is 13.3 Å². The van der Waals surface area contributed by atoms with E-state index in [9.17, 15) is 4.79 Å². The molecule has 0 spiro atoms. The van der Waals surface area contributed by atoms with Gasteiger partial charge in [0.15, 0.2) is 0 Å². The lowest BCUT2D eigenvalue weighted by Gasteiger charge is -2.06. The Kier molecular flexibility index (Phi) is 4.29. The molecular weight excluding hydrogens is 258 g/mol. The van der Waals surface area contributed by atoms with E-state index < -0.39 is 5.97 Å². The van der Waals surface area contributed by atoms with Crippen LogP contribution in [0.4, 0.5) is 5.82 Å². The van der Waals surface area contributed by atoms with Gasteiger partial charge in [-0.15, -0.1) is 0 Å². The van der Waals surface area contributed by atoms with Crippen molar-refractivity contribution in [3.05, 3.63) is 35.5 Å². The molecule has 2 aromatic heterocycles. The Labute approximate surface area is 117 Å². The fraction of sp³-hybridized carbons (Fsp3) is 0.385. The average Bonchev–Trinajstić information content (AvgIpc) is 2.84. The van der Waals surface area contributed by atoms with Crippen molar-refractivity contribution in [2.24, 2.45) is 7.05 Å². The molecule has 0 atom stereocenters. The van der Waals surface area contributed by atoms with Crippen LogP contribution in [-0.2, 0) is 24.8 Å². The van der Waals surface area contributed by atoms with E-state index in [1.807, 2.05) is 13.2 Å². The van der Waals surface area contributed by atoms with Crippen LogP contribution in [0.1, 0.15) is 28.8 Å². The first-order chi connectivity index (χ1) is 9.63. The van der Waals surface area contributed by atoms with E-state index in [0.717, 1.165) is 17.7 Å². The van der Waals surface area contributed by atoms with Gasteiger partial charge in [0.25, 0.3) is 0 Å². The van der Waals surface area contributed by atoms with Gasteiger partial charge in [-0.2, -0.15) is 5.10 Å². The summed E-state index contributed by atoms with van der Waals surface area (Å²) in [4.78, 5) is 19.3. The molecule has 0 aliphatic rings. The number of rotatable bonds is 5. The number of hydrogen-bond donors (Lipinski definition) is 1. The van der Waals surface area contributed by atoms with Crippen LogP contribution in [0, 0.1) is 0 Å². The summed E-state index contributed by atoms with van der Waals surface area (Å²) in [5, 5.41) is 7.53. The quantitative estimate of drug-likeness (QED) is 0.825. The summed E-state index contributed by atoms with van der Waals surface area (Å²) in [5.41, 5.74) is 2.15. The average molecular weight is 275 g/mol. The van der Waals surface area contributed by atoms with Gasteiger partial charge in [0.2, 0.25) is 5.82 Å². The zero-order chi connectivity index (χ0) is 14.5. The smallest absolute Gasteiger partial charge is 0.376 e. The molecule has 0 unspecified atom stereocenters. The molecule has 2 aromatic rings. The predicted octanol–water partition coefficient (Wildman–Crippen LogP) is 1.17. The second-order valence-electron chi connectivity index (χ2n) is 4.24. The number of aryl methyl sites for hydroxylation is 2. The van der Waals surface area contributed by atoms with Crippen molar-refractivity contribution in [1.82, 2.24) is 19.7 Å². The van der Waals surface area contributed by atoms with Crippen LogP contribution in [-0.4, -0.2) is 32.8 Å². The molecule has 0 saturated carbocycles. The Hall–Kier alpha value is -2.44. The minimum Gasteiger partial charge on any atom is -0.463 e. The van der Waals surface area contributed by atoms with E-state index in [0.29, 0.717) is 12.4 Å². The third-order valence-electron chi connectivity index (χ3n) is 2.81. The summed E-state index contributed by atoms with van der Waals surface area (Å²) in [6.45, 7) is 2.65. The topological polar surface area (TPSA) is 81.9 Å². The molecule has 0 bridgehead atoms. The lowest BCUT2D eigenvalue weighted by molar-refractivity contribution is 0.0587. The van der Waals surface area contributed by atoms with Gasteiger partial charge in [-0.3, -0.25) is 4.68 Å². The highest BCUT2D eigenvalue weighted by Crippen LogP contribution is 2.10. The summed E-state index contributed by atoms with van der Waals surface area (Å²) in [7, 11) is 3.19. The number of esters is 1. The number of carbonyl (C=O) groups is 1. The third kappa shape index (κ3) is 3.11. The maximum Gasteiger partial charge on any atom is 0.376 e. The molecule has 2 rings (SSSR count). The number of ether oxygens (including phenoxy) is 1. The molecule has 0 saturated heterocycles. The highest BCUT2D eigenvalue weighted by atomic mass is 16.5. The summed E-state index contributed by atoms with van der Waals surface area (Å²) in [6.07, 6.45) is 4.36. The second kappa shape index (κ2) is 6.14. The van der Waals surface area contributed by atoms with Gasteiger partial charge in [0, 0.05) is 31.5 Å². The molecule has 0 aromatic carbocycles. The molecule has 2 heterocycles. The van der Waals surface area contributed by atoms with Crippen LogP contribution in [0.25, 0.3) is 0 Å². The molecule has 1 N–H and O–H groups in total. The molecule has 0 radical (unpaired) electrons. The normalized spacial score (nSPS) is 10.3. The molecule has 0 fully saturated rings. The van der Waals surface area contributed by atoms with Crippen molar-refractivity contribution in [3.63, 3.8) is 0 Å².